The minimum absolute atomic E-state index is 0.0137. The first-order valence-electron chi connectivity index (χ1n) is 12.3. The van der Waals surface area contributed by atoms with Crippen molar-refractivity contribution in [2.75, 3.05) is 6.61 Å². The van der Waals surface area contributed by atoms with E-state index in [0.717, 1.165) is 0 Å². The van der Waals surface area contributed by atoms with Gasteiger partial charge in [-0.3, -0.25) is 19.2 Å². The van der Waals surface area contributed by atoms with Gasteiger partial charge in [-0.2, -0.15) is 0 Å². The van der Waals surface area contributed by atoms with E-state index in [1.54, 1.807) is 62.3 Å². The van der Waals surface area contributed by atoms with E-state index in [1.165, 1.54) is 0 Å². The third-order valence-electron chi connectivity index (χ3n) is 4.65. The summed E-state index contributed by atoms with van der Waals surface area (Å²) in [5.74, 6) is -1.67. The summed E-state index contributed by atoms with van der Waals surface area (Å²) in [4.78, 5) is 50.1. The van der Waals surface area contributed by atoms with Gasteiger partial charge in [0.15, 0.2) is 0 Å². The first kappa shape index (κ1) is 32.8. The van der Waals surface area contributed by atoms with Gasteiger partial charge in [-0.05, 0) is 88.0 Å². The molecule has 0 unspecified atom stereocenters. The van der Waals surface area contributed by atoms with Crippen LogP contribution >= 0.6 is 0 Å². The van der Waals surface area contributed by atoms with Gasteiger partial charge >= 0.3 is 17.9 Å². The molecule has 2 N–H and O–H groups in total. The maximum Gasteiger partial charge on any atom is 0.306 e. The maximum absolute atomic E-state index is 12.7. The number of aliphatic hydroxyl groups excluding tert-OH is 1. The van der Waals surface area contributed by atoms with Crippen molar-refractivity contribution < 1.29 is 38.5 Å². The lowest BCUT2D eigenvalue weighted by Crippen LogP contribution is -2.50. The number of rotatable bonds is 13. The highest BCUT2D eigenvalue weighted by Gasteiger charge is 2.35. The van der Waals surface area contributed by atoms with Crippen LogP contribution in [0.4, 0.5) is 0 Å². The van der Waals surface area contributed by atoms with Crippen LogP contribution in [0.15, 0.2) is 0 Å². The van der Waals surface area contributed by atoms with Crippen molar-refractivity contribution in [2.45, 2.75) is 136 Å². The van der Waals surface area contributed by atoms with Gasteiger partial charge in [-0.25, -0.2) is 0 Å². The number of esters is 3. The highest BCUT2D eigenvalue weighted by molar-refractivity contribution is 5.78. The van der Waals surface area contributed by atoms with E-state index < -0.39 is 40.2 Å². The molecule has 0 saturated carbocycles. The molecular weight excluding hydrogens is 454 g/mol. The van der Waals surface area contributed by atoms with Crippen molar-refractivity contribution >= 4 is 23.8 Å². The highest BCUT2D eigenvalue weighted by Crippen LogP contribution is 2.28. The molecule has 0 aliphatic heterocycles. The summed E-state index contributed by atoms with van der Waals surface area (Å²) in [5.41, 5.74) is -3.05. The Morgan fingerprint density at radius 1 is 0.600 bits per heavy atom. The molecule has 9 heteroatoms. The molecule has 0 aromatic heterocycles. The van der Waals surface area contributed by atoms with E-state index in [2.05, 4.69) is 5.32 Å². The van der Waals surface area contributed by atoms with E-state index in [-0.39, 0.29) is 63.9 Å². The molecule has 0 aromatic rings. The highest BCUT2D eigenvalue weighted by atomic mass is 16.6. The fraction of sp³-hybridized carbons (Fsp3) is 0.846. The zero-order chi connectivity index (χ0) is 27.5. The molecule has 0 radical (unpaired) electrons. The quantitative estimate of drug-likeness (QED) is 0.286. The van der Waals surface area contributed by atoms with Gasteiger partial charge in [0, 0.05) is 37.8 Å². The van der Waals surface area contributed by atoms with Crippen LogP contribution in [-0.4, -0.2) is 57.9 Å². The van der Waals surface area contributed by atoms with Crippen molar-refractivity contribution in [3.63, 3.8) is 0 Å². The molecule has 0 saturated heterocycles. The Morgan fingerprint density at radius 2 is 0.914 bits per heavy atom. The van der Waals surface area contributed by atoms with Crippen LogP contribution in [0.1, 0.15) is 114 Å². The van der Waals surface area contributed by atoms with E-state index >= 15 is 0 Å². The molecule has 0 heterocycles. The van der Waals surface area contributed by atoms with Gasteiger partial charge in [0.2, 0.25) is 5.91 Å². The number of hydrogen-bond donors (Lipinski definition) is 2. The number of carbonyl (C=O) groups excluding carboxylic acids is 4. The normalized spacial score (nSPS) is 12.6. The Morgan fingerprint density at radius 3 is 1.17 bits per heavy atom. The fourth-order valence-electron chi connectivity index (χ4n) is 3.36. The van der Waals surface area contributed by atoms with Crippen molar-refractivity contribution in [3.8, 4) is 0 Å². The molecular formula is C26H47NO8. The summed E-state index contributed by atoms with van der Waals surface area (Å²) < 4.78 is 16.3. The van der Waals surface area contributed by atoms with E-state index in [4.69, 9.17) is 19.3 Å². The summed E-state index contributed by atoms with van der Waals surface area (Å²) in [6.07, 6.45) is 0.797. The smallest absolute Gasteiger partial charge is 0.306 e. The van der Waals surface area contributed by atoms with E-state index in [9.17, 15) is 19.2 Å². The number of ether oxygens (including phenoxy) is 3. The average Bonchev–Trinajstić information content (AvgIpc) is 2.63. The standard InChI is InChI=1S/C26H47NO8/c1-23(2,3)33-20(30)12-15-26(27-19(29)11-10-18-28,16-13-21(31)34-24(4,5)6)17-14-22(32)35-25(7,8)9/h28H,10-18H2,1-9H3,(H,27,29). The average molecular weight is 502 g/mol. The topological polar surface area (TPSA) is 128 Å². The molecule has 0 atom stereocenters. The first-order chi connectivity index (χ1) is 15.8. The molecule has 9 nitrogen and oxygen atoms in total. The van der Waals surface area contributed by atoms with Gasteiger partial charge in [0.1, 0.15) is 16.8 Å². The Labute approximate surface area is 210 Å². The zero-order valence-corrected chi connectivity index (χ0v) is 23.2. The first-order valence-corrected chi connectivity index (χ1v) is 12.3. The summed E-state index contributed by atoms with van der Waals surface area (Å²) >= 11 is 0. The summed E-state index contributed by atoms with van der Waals surface area (Å²) in [6, 6.07) is 0. The van der Waals surface area contributed by atoms with Crippen molar-refractivity contribution in [3.05, 3.63) is 0 Å². The van der Waals surface area contributed by atoms with Crippen molar-refractivity contribution in [2.24, 2.45) is 0 Å². The van der Waals surface area contributed by atoms with Crippen LogP contribution < -0.4 is 5.32 Å². The third-order valence-corrected chi connectivity index (χ3v) is 4.65. The summed E-state index contributed by atoms with van der Waals surface area (Å²) in [6.45, 7) is 15.7. The van der Waals surface area contributed by atoms with Gasteiger partial charge in [0.25, 0.3) is 0 Å². The van der Waals surface area contributed by atoms with Crippen LogP contribution in [0.25, 0.3) is 0 Å². The van der Waals surface area contributed by atoms with Gasteiger partial charge in [-0.1, -0.05) is 0 Å². The minimum atomic E-state index is -1.04. The molecule has 0 aromatic carbocycles. The Balaban J connectivity index is 5.81. The molecule has 0 fully saturated rings. The maximum atomic E-state index is 12.7. The lowest BCUT2D eigenvalue weighted by Gasteiger charge is -2.36. The van der Waals surface area contributed by atoms with Gasteiger partial charge in [0.05, 0.1) is 0 Å². The Hall–Kier alpha value is -2.16. The number of carbonyl (C=O) groups is 4. The van der Waals surface area contributed by atoms with Crippen LogP contribution in [0.3, 0.4) is 0 Å². The Bertz CT molecular complexity index is 632. The number of hydrogen-bond acceptors (Lipinski definition) is 8. The van der Waals surface area contributed by atoms with Crippen molar-refractivity contribution in [1.29, 1.82) is 0 Å². The van der Waals surface area contributed by atoms with Gasteiger partial charge in [-0.15, -0.1) is 0 Å². The minimum Gasteiger partial charge on any atom is -0.460 e. The molecule has 0 aliphatic rings. The van der Waals surface area contributed by atoms with Crippen LogP contribution in [0.5, 0.6) is 0 Å². The molecule has 204 valence electrons. The van der Waals surface area contributed by atoms with Crippen LogP contribution in [0, 0.1) is 0 Å². The second-order valence-corrected chi connectivity index (χ2v) is 11.9. The molecule has 1 amide bonds. The predicted octanol–water partition coefficient (Wildman–Crippen LogP) is 3.98. The van der Waals surface area contributed by atoms with E-state index in [1.807, 2.05) is 0 Å². The fourth-order valence-corrected chi connectivity index (χ4v) is 3.36. The molecule has 0 rings (SSSR count). The third kappa shape index (κ3) is 17.9. The SMILES string of the molecule is CC(C)(C)OC(=O)CCC(CCC(=O)OC(C)(C)C)(CCC(=O)OC(C)(C)C)NC(=O)CCCO. The zero-order valence-electron chi connectivity index (χ0n) is 23.2. The van der Waals surface area contributed by atoms with Crippen LogP contribution in [0.2, 0.25) is 0 Å². The number of nitrogens with one attached hydrogen (secondary N) is 1. The number of aliphatic hydroxyl groups is 1. The molecule has 0 bridgehead atoms. The molecule has 35 heavy (non-hydrogen) atoms. The van der Waals surface area contributed by atoms with Crippen molar-refractivity contribution in [1.82, 2.24) is 5.32 Å². The lowest BCUT2D eigenvalue weighted by atomic mass is 9.83. The largest absolute Gasteiger partial charge is 0.460 e. The van der Waals surface area contributed by atoms with E-state index in [0.29, 0.717) is 0 Å². The number of amides is 1. The van der Waals surface area contributed by atoms with Crippen LogP contribution in [-0.2, 0) is 33.4 Å². The molecule has 0 aliphatic carbocycles. The summed E-state index contributed by atoms with van der Waals surface area (Å²) in [5, 5.41) is 12.0. The second kappa shape index (κ2) is 13.8. The second-order valence-electron chi connectivity index (χ2n) is 11.9. The molecule has 0 spiro atoms. The predicted molar refractivity (Wildman–Crippen MR) is 132 cm³/mol. The van der Waals surface area contributed by atoms with Gasteiger partial charge < -0.3 is 24.6 Å². The lowest BCUT2D eigenvalue weighted by molar-refractivity contribution is -0.155. The monoisotopic (exact) mass is 501 g/mol. The summed E-state index contributed by atoms with van der Waals surface area (Å²) in [7, 11) is 0. The Kier molecular flexibility index (Phi) is 13.0.